The Bertz CT molecular complexity index is 1270. The highest BCUT2D eigenvalue weighted by Crippen LogP contribution is 2.80. The van der Waals surface area contributed by atoms with E-state index in [1.54, 1.807) is 24.3 Å². The topological polar surface area (TPSA) is 78.9 Å². The molecule has 4 bridgehead atoms. The first-order valence-corrected chi connectivity index (χ1v) is 16.8. The Labute approximate surface area is 203 Å². The summed E-state index contributed by atoms with van der Waals surface area (Å²) < 4.78 is 45.8. The van der Waals surface area contributed by atoms with Gasteiger partial charge < -0.3 is 13.7 Å². The van der Waals surface area contributed by atoms with E-state index in [0.29, 0.717) is 5.76 Å². The molecule has 1 aliphatic heterocycles. The second-order valence-electron chi connectivity index (χ2n) is 11.8. The number of benzene rings is 1. The Balaban J connectivity index is 1.88. The molecule has 5 atom stereocenters. The third-order valence-electron chi connectivity index (χ3n) is 9.03. The molecule has 0 amide bonds. The van der Waals surface area contributed by atoms with Crippen LogP contribution in [0.1, 0.15) is 32.8 Å². The summed E-state index contributed by atoms with van der Waals surface area (Å²) in [4.78, 5) is 14.6. The van der Waals surface area contributed by atoms with E-state index in [-0.39, 0.29) is 23.2 Å². The van der Waals surface area contributed by atoms with Gasteiger partial charge in [0.05, 0.1) is 25.5 Å². The van der Waals surface area contributed by atoms with E-state index < -0.39 is 40.2 Å². The monoisotopic (exact) mass is 502 g/mol. The molecule has 1 heterocycles. The highest BCUT2D eigenvalue weighted by Gasteiger charge is 2.87. The summed E-state index contributed by atoms with van der Waals surface area (Å²) in [5, 5.41) is 0.870. The molecule has 6 nitrogen and oxygen atoms in total. The zero-order valence-corrected chi connectivity index (χ0v) is 23.1. The van der Waals surface area contributed by atoms with Crippen LogP contribution in [0.25, 0.3) is 0 Å². The van der Waals surface area contributed by atoms with Gasteiger partial charge in [-0.2, -0.15) is 8.42 Å². The van der Waals surface area contributed by atoms with Gasteiger partial charge in [-0.1, -0.05) is 57.3 Å². The normalized spacial score (nSPS) is 38.9. The molecular formula is C26H34O6SSi. The average Bonchev–Trinajstić information content (AvgIpc) is 3.18. The van der Waals surface area contributed by atoms with Gasteiger partial charge in [-0.05, 0) is 49.1 Å². The number of allylic oxidation sites excluding steroid dienone is 2. The minimum Gasteiger partial charge on any atom is -0.383 e. The van der Waals surface area contributed by atoms with E-state index in [1.807, 2.05) is 13.8 Å². The van der Waals surface area contributed by atoms with E-state index in [1.165, 1.54) is 7.11 Å². The molecule has 5 aliphatic rings. The third-order valence-corrected chi connectivity index (χ3v) is 12.4. The van der Waals surface area contributed by atoms with Crippen molar-refractivity contribution in [2.24, 2.45) is 22.2 Å². The van der Waals surface area contributed by atoms with E-state index in [0.717, 1.165) is 22.8 Å². The average molecular weight is 503 g/mol. The molecule has 1 saturated heterocycles. The first-order valence-electron chi connectivity index (χ1n) is 11.9. The lowest BCUT2D eigenvalue weighted by Crippen LogP contribution is -2.74. The Hall–Kier alpha value is -1.74. The molecule has 34 heavy (non-hydrogen) atoms. The first kappa shape index (κ1) is 24.0. The molecule has 4 unspecified atom stereocenters. The van der Waals surface area contributed by atoms with Gasteiger partial charge in [-0.15, -0.1) is 0 Å². The number of rotatable bonds is 5. The van der Waals surface area contributed by atoms with Crippen LogP contribution >= 0.6 is 0 Å². The molecule has 8 heteroatoms. The number of hydrogen-bond acceptors (Lipinski definition) is 6. The fourth-order valence-electron chi connectivity index (χ4n) is 7.30. The summed E-state index contributed by atoms with van der Waals surface area (Å²) in [6.45, 7) is 14.7. The third kappa shape index (κ3) is 2.38. The number of ketones is 1. The van der Waals surface area contributed by atoms with Gasteiger partial charge in [0.25, 0.3) is 0 Å². The van der Waals surface area contributed by atoms with Crippen molar-refractivity contribution in [1.82, 2.24) is 0 Å². The minimum absolute atomic E-state index is 0.0437. The highest BCUT2D eigenvalue weighted by atomic mass is 32.2. The van der Waals surface area contributed by atoms with E-state index in [2.05, 4.69) is 39.6 Å². The van der Waals surface area contributed by atoms with Crippen LogP contribution < -0.4 is 0 Å². The number of hydrogen-bond donors (Lipinski definition) is 0. The Morgan fingerprint density at radius 2 is 1.74 bits per heavy atom. The quantitative estimate of drug-likeness (QED) is 0.328. The Morgan fingerprint density at radius 1 is 1.12 bits per heavy atom. The van der Waals surface area contributed by atoms with E-state index in [4.69, 9.17) is 13.7 Å². The molecule has 0 radical (unpaired) electrons. The second-order valence-corrected chi connectivity index (χ2v) is 18.3. The number of carbonyl (C=O) groups excluding carboxylic acids is 1. The summed E-state index contributed by atoms with van der Waals surface area (Å²) in [7, 11) is -4.98. The number of carbonyl (C=O) groups is 1. The largest absolute Gasteiger partial charge is 0.383 e. The molecule has 4 aliphatic carbocycles. The minimum atomic E-state index is -4.16. The SMILES string of the molecule is COC12OCC3(C)C4=CC[C@@H](C)C4(C1=O)C([Si](C)(C)C)=C(OS(=O)(=O)c1ccc(C)cc1)C32C. The standard InChI is InChI=1S/C26H34O6SSi/c1-16-9-12-18(13-10-16)33(28,29)32-20-21(34(6,7)8)25-17(2)11-14-19(25)23(3)15-31-26(30-5,22(25)27)24(20,23)4/h9-10,12-14,17H,11,15H2,1-8H3/t17-,23?,24?,25?,26?/m1/s1. The summed E-state index contributed by atoms with van der Waals surface area (Å²) in [6, 6.07) is 6.64. The summed E-state index contributed by atoms with van der Waals surface area (Å²) in [5.41, 5.74) is -0.717. The van der Waals surface area contributed by atoms with Crippen molar-refractivity contribution in [1.29, 1.82) is 0 Å². The van der Waals surface area contributed by atoms with Gasteiger partial charge in [0, 0.05) is 12.5 Å². The van der Waals surface area contributed by atoms with Crippen molar-refractivity contribution in [3.05, 3.63) is 52.4 Å². The van der Waals surface area contributed by atoms with Gasteiger partial charge in [0.2, 0.25) is 11.6 Å². The molecule has 2 fully saturated rings. The van der Waals surface area contributed by atoms with Gasteiger partial charge in [0.1, 0.15) is 10.7 Å². The zero-order valence-electron chi connectivity index (χ0n) is 21.2. The smallest absolute Gasteiger partial charge is 0.338 e. The van der Waals surface area contributed by atoms with Crippen molar-refractivity contribution >= 4 is 24.0 Å². The van der Waals surface area contributed by atoms with E-state index >= 15 is 0 Å². The molecule has 1 aromatic rings. The lowest BCUT2D eigenvalue weighted by molar-refractivity contribution is -0.247. The van der Waals surface area contributed by atoms with Crippen LogP contribution in [0.15, 0.2) is 51.8 Å². The molecule has 0 aromatic heterocycles. The van der Waals surface area contributed by atoms with Gasteiger partial charge in [0.15, 0.2) is 0 Å². The van der Waals surface area contributed by atoms with Crippen LogP contribution in [-0.2, 0) is 28.6 Å². The van der Waals surface area contributed by atoms with Crippen LogP contribution in [0.2, 0.25) is 19.6 Å². The predicted octanol–water partition coefficient (Wildman–Crippen LogP) is 4.77. The number of methoxy groups -OCH3 is 1. The first-order chi connectivity index (χ1) is 15.6. The molecule has 1 spiro atoms. The highest BCUT2D eigenvalue weighted by molar-refractivity contribution is 7.86. The maximum Gasteiger partial charge on any atom is 0.338 e. The Morgan fingerprint density at radius 3 is 2.29 bits per heavy atom. The van der Waals surface area contributed by atoms with Crippen LogP contribution in [-0.4, -0.2) is 41.8 Å². The maximum absolute atomic E-state index is 14.5. The zero-order chi connectivity index (χ0) is 25.1. The molecule has 1 aromatic carbocycles. The summed E-state index contributed by atoms with van der Waals surface area (Å²) in [6.07, 6.45) is 2.94. The van der Waals surface area contributed by atoms with Gasteiger partial charge in [-0.3, -0.25) is 4.79 Å². The fraction of sp³-hybridized carbons (Fsp3) is 0.577. The van der Waals surface area contributed by atoms with Crippen molar-refractivity contribution < 1.29 is 26.9 Å². The summed E-state index contributed by atoms with van der Waals surface area (Å²) in [5.74, 6) is -1.38. The lowest BCUT2D eigenvalue weighted by Gasteiger charge is -2.64. The molecule has 1 saturated carbocycles. The van der Waals surface area contributed by atoms with Crippen molar-refractivity contribution in [3.63, 3.8) is 0 Å². The lowest BCUT2D eigenvalue weighted by atomic mass is 9.42. The summed E-state index contributed by atoms with van der Waals surface area (Å²) >= 11 is 0. The van der Waals surface area contributed by atoms with Crippen molar-refractivity contribution in [3.8, 4) is 0 Å². The van der Waals surface area contributed by atoms with Crippen LogP contribution in [0.5, 0.6) is 0 Å². The Kier molecular flexibility index (Phi) is 4.74. The number of ether oxygens (including phenoxy) is 2. The van der Waals surface area contributed by atoms with Gasteiger partial charge >= 0.3 is 10.1 Å². The van der Waals surface area contributed by atoms with Crippen molar-refractivity contribution in [2.75, 3.05) is 13.7 Å². The van der Waals surface area contributed by atoms with Crippen LogP contribution in [0.3, 0.4) is 0 Å². The molecule has 184 valence electrons. The number of Topliss-reactive ketones (excluding diaryl/α,β-unsaturated/α-hetero) is 1. The van der Waals surface area contributed by atoms with E-state index in [9.17, 15) is 13.2 Å². The van der Waals surface area contributed by atoms with Crippen molar-refractivity contribution in [2.45, 2.75) is 64.4 Å². The molecular weight excluding hydrogens is 468 g/mol. The molecule has 6 rings (SSSR count). The number of aryl methyl sites for hydroxylation is 1. The van der Waals surface area contributed by atoms with Crippen LogP contribution in [0.4, 0.5) is 0 Å². The molecule has 0 N–H and O–H groups in total. The van der Waals surface area contributed by atoms with Crippen LogP contribution in [0, 0.1) is 29.1 Å². The fourth-order valence-corrected chi connectivity index (χ4v) is 11.1. The van der Waals surface area contributed by atoms with Gasteiger partial charge in [-0.25, -0.2) is 0 Å². The maximum atomic E-state index is 14.5. The predicted molar refractivity (Wildman–Crippen MR) is 131 cm³/mol. The second kappa shape index (κ2) is 6.72.